The lowest BCUT2D eigenvalue weighted by Gasteiger charge is -2.17. The lowest BCUT2D eigenvalue weighted by molar-refractivity contribution is -0.189. The highest BCUT2D eigenvalue weighted by Crippen LogP contribution is 2.32. The van der Waals surface area contributed by atoms with Gasteiger partial charge in [0.1, 0.15) is 0 Å². The van der Waals surface area contributed by atoms with Crippen molar-refractivity contribution in [3.63, 3.8) is 0 Å². The molecule has 0 aliphatic heterocycles. The van der Waals surface area contributed by atoms with Crippen molar-refractivity contribution >= 4 is 16.5 Å². The highest BCUT2D eigenvalue weighted by molar-refractivity contribution is 5.90. The van der Waals surface area contributed by atoms with Gasteiger partial charge in [0.05, 0.1) is 6.20 Å². The van der Waals surface area contributed by atoms with Gasteiger partial charge >= 0.3 is 6.18 Å². The van der Waals surface area contributed by atoms with Crippen molar-refractivity contribution < 1.29 is 17.9 Å². The van der Waals surface area contributed by atoms with Gasteiger partial charge in [-0.05, 0) is 54.8 Å². The summed E-state index contributed by atoms with van der Waals surface area (Å²) >= 11 is 0. The smallest absolute Gasteiger partial charge is 0.425 e. The van der Waals surface area contributed by atoms with E-state index in [1.165, 1.54) is 6.20 Å². The molecular weight excluding hydrogens is 331 g/mol. The number of nitrogen functional groups attached to an aromatic ring is 1. The van der Waals surface area contributed by atoms with Gasteiger partial charge in [-0.3, -0.25) is 0 Å². The van der Waals surface area contributed by atoms with Gasteiger partial charge in [-0.25, -0.2) is 0 Å². The minimum atomic E-state index is -4.47. The number of fused-ring (bicyclic) bond motifs is 1. The molecule has 0 spiro atoms. The number of hydrogen-bond acceptors (Lipinski definition) is 4. The molecule has 130 valence electrons. The number of halogens is 3. The molecule has 3 aromatic rings. The Balaban J connectivity index is 2.04. The standard InChI is InChI=1S/C18H16F3N3O/c1-10-3-5-14(22)8-16(10)12-4-6-15-13(7-12)9-23-24-17(15)25-11(2)18(19,20)21/h3-9,11H,22H2,1-2H3/t11-/m1/s1. The normalized spacial score (nSPS) is 13.0. The maximum atomic E-state index is 12.7. The van der Waals surface area contributed by atoms with Crippen LogP contribution in [-0.4, -0.2) is 22.5 Å². The molecule has 7 heteroatoms. The van der Waals surface area contributed by atoms with Gasteiger partial charge < -0.3 is 10.5 Å². The average molecular weight is 347 g/mol. The maximum absolute atomic E-state index is 12.7. The second-order valence-corrected chi connectivity index (χ2v) is 5.83. The van der Waals surface area contributed by atoms with Crippen LogP contribution in [0.3, 0.4) is 0 Å². The fraction of sp³-hybridized carbons (Fsp3) is 0.222. The van der Waals surface area contributed by atoms with E-state index in [2.05, 4.69) is 10.2 Å². The van der Waals surface area contributed by atoms with Gasteiger partial charge in [-0.1, -0.05) is 12.1 Å². The van der Waals surface area contributed by atoms with Crippen molar-refractivity contribution in [2.24, 2.45) is 0 Å². The minimum Gasteiger partial charge on any atom is -0.463 e. The van der Waals surface area contributed by atoms with E-state index in [1.54, 1.807) is 12.1 Å². The van der Waals surface area contributed by atoms with Gasteiger partial charge in [0.2, 0.25) is 5.88 Å². The van der Waals surface area contributed by atoms with Gasteiger partial charge in [-0.15, -0.1) is 5.10 Å². The van der Waals surface area contributed by atoms with Gasteiger partial charge in [0, 0.05) is 16.5 Å². The topological polar surface area (TPSA) is 61.0 Å². The Morgan fingerprint density at radius 1 is 1.12 bits per heavy atom. The summed E-state index contributed by atoms with van der Waals surface area (Å²) in [5.74, 6) is -0.141. The maximum Gasteiger partial charge on any atom is 0.425 e. The number of nitrogens with two attached hydrogens (primary N) is 1. The minimum absolute atomic E-state index is 0.141. The van der Waals surface area contributed by atoms with Crippen molar-refractivity contribution in [2.75, 3.05) is 5.73 Å². The predicted molar refractivity (Wildman–Crippen MR) is 90.3 cm³/mol. The number of aryl methyl sites for hydroxylation is 1. The van der Waals surface area contributed by atoms with Crippen LogP contribution in [0.1, 0.15) is 12.5 Å². The van der Waals surface area contributed by atoms with Crippen LogP contribution in [0.4, 0.5) is 18.9 Å². The first kappa shape index (κ1) is 17.0. The fourth-order valence-electron chi connectivity index (χ4n) is 2.50. The van der Waals surface area contributed by atoms with E-state index in [1.807, 2.05) is 31.2 Å². The zero-order valence-electron chi connectivity index (χ0n) is 13.6. The van der Waals surface area contributed by atoms with E-state index in [4.69, 9.17) is 10.5 Å². The zero-order chi connectivity index (χ0) is 18.2. The molecule has 3 rings (SSSR count). The van der Waals surface area contributed by atoms with Crippen LogP contribution in [0.15, 0.2) is 42.6 Å². The second-order valence-electron chi connectivity index (χ2n) is 5.83. The Labute approximate surface area is 142 Å². The van der Waals surface area contributed by atoms with E-state index in [0.717, 1.165) is 23.6 Å². The summed E-state index contributed by atoms with van der Waals surface area (Å²) in [4.78, 5) is 0. The van der Waals surface area contributed by atoms with Gasteiger partial charge in [-0.2, -0.15) is 18.3 Å². The molecule has 25 heavy (non-hydrogen) atoms. The van der Waals surface area contributed by atoms with Gasteiger partial charge in [0.15, 0.2) is 6.10 Å². The highest BCUT2D eigenvalue weighted by Gasteiger charge is 2.38. The molecule has 2 aromatic carbocycles. The van der Waals surface area contributed by atoms with Crippen LogP contribution in [0.25, 0.3) is 21.9 Å². The van der Waals surface area contributed by atoms with Crippen LogP contribution >= 0.6 is 0 Å². The van der Waals surface area contributed by atoms with Crippen molar-refractivity contribution in [3.05, 3.63) is 48.2 Å². The summed E-state index contributed by atoms with van der Waals surface area (Å²) in [6.45, 7) is 2.90. The molecule has 0 amide bonds. The van der Waals surface area contributed by atoms with Crippen LogP contribution in [0, 0.1) is 6.92 Å². The van der Waals surface area contributed by atoms with Crippen molar-refractivity contribution in [3.8, 4) is 17.0 Å². The summed E-state index contributed by atoms with van der Waals surface area (Å²) in [7, 11) is 0. The quantitative estimate of drug-likeness (QED) is 0.708. The summed E-state index contributed by atoms with van der Waals surface area (Å²) in [6, 6.07) is 10.9. The number of nitrogens with zero attached hydrogens (tertiary/aromatic N) is 2. The lowest BCUT2D eigenvalue weighted by atomic mass is 9.98. The molecule has 2 N–H and O–H groups in total. The summed E-state index contributed by atoms with van der Waals surface area (Å²) in [6.07, 6.45) is -4.95. The zero-order valence-corrected chi connectivity index (χ0v) is 13.6. The molecule has 0 aliphatic carbocycles. The van der Waals surface area contributed by atoms with Gasteiger partial charge in [0.25, 0.3) is 0 Å². The van der Waals surface area contributed by atoms with Crippen LogP contribution < -0.4 is 10.5 Å². The molecular formula is C18H16F3N3O. The van der Waals surface area contributed by atoms with E-state index >= 15 is 0 Å². The van der Waals surface area contributed by atoms with Crippen molar-refractivity contribution in [1.82, 2.24) is 10.2 Å². The first-order valence-corrected chi connectivity index (χ1v) is 7.61. The molecule has 4 nitrogen and oxygen atoms in total. The summed E-state index contributed by atoms with van der Waals surface area (Å²) < 4.78 is 43.1. The largest absolute Gasteiger partial charge is 0.463 e. The predicted octanol–water partition coefficient (Wildman–Crippen LogP) is 4.52. The Morgan fingerprint density at radius 3 is 2.60 bits per heavy atom. The number of benzene rings is 2. The average Bonchev–Trinajstić information content (AvgIpc) is 2.56. The molecule has 0 saturated heterocycles. The monoisotopic (exact) mass is 347 g/mol. The van der Waals surface area contributed by atoms with Crippen molar-refractivity contribution in [1.29, 1.82) is 0 Å². The number of anilines is 1. The van der Waals surface area contributed by atoms with E-state index < -0.39 is 12.3 Å². The van der Waals surface area contributed by atoms with E-state index in [9.17, 15) is 13.2 Å². The Bertz CT molecular complexity index is 925. The molecule has 0 saturated carbocycles. The van der Waals surface area contributed by atoms with Crippen LogP contribution in [0.2, 0.25) is 0 Å². The Morgan fingerprint density at radius 2 is 1.88 bits per heavy atom. The molecule has 0 bridgehead atoms. The first-order chi connectivity index (χ1) is 11.8. The van der Waals surface area contributed by atoms with E-state index in [0.29, 0.717) is 16.5 Å². The molecule has 0 fully saturated rings. The lowest BCUT2D eigenvalue weighted by Crippen LogP contribution is -2.31. The molecule has 1 heterocycles. The SMILES string of the molecule is Cc1ccc(N)cc1-c1ccc2c(O[C@H](C)C(F)(F)F)nncc2c1. The molecule has 0 aliphatic rings. The Hall–Kier alpha value is -2.83. The first-order valence-electron chi connectivity index (χ1n) is 7.61. The third kappa shape index (κ3) is 3.50. The summed E-state index contributed by atoms with van der Waals surface area (Å²) in [5.41, 5.74) is 9.36. The molecule has 1 atom stereocenters. The molecule has 0 unspecified atom stereocenters. The number of alkyl halides is 3. The number of aromatic nitrogens is 2. The number of rotatable bonds is 3. The molecule has 1 aromatic heterocycles. The number of hydrogen-bond donors (Lipinski definition) is 1. The van der Waals surface area contributed by atoms with Crippen LogP contribution in [-0.2, 0) is 0 Å². The highest BCUT2D eigenvalue weighted by atomic mass is 19.4. The van der Waals surface area contributed by atoms with Crippen LogP contribution in [0.5, 0.6) is 5.88 Å². The summed E-state index contributed by atoms with van der Waals surface area (Å²) in [5, 5.41) is 8.56. The molecule has 0 radical (unpaired) electrons. The van der Waals surface area contributed by atoms with E-state index in [-0.39, 0.29) is 5.88 Å². The second kappa shape index (κ2) is 6.23. The number of ether oxygens (including phenoxy) is 1. The third-order valence-corrected chi connectivity index (χ3v) is 3.95. The Kier molecular flexibility index (Phi) is 4.24. The fourth-order valence-corrected chi connectivity index (χ4v) is 2.50. The van der Waals surface area contributed by atoms with Crippen molar-refractivity contribution in [2.45, 2.75) is 26.1 Å². The third-order valence-electron chi connectivity index (χ3n) is 3.95.